The number of carbonyl (C=O) groups excluding carboxylic acids is 1. The molecule has 1 rings (SSSR count). The summed E-state index contributed by atoms with van der Waals surface area (Å²) in [6, 6.07) is 5.62. The minimum atomic E-state index is -0.859. The Morgan fingerprint density at radius 2 is 1.81 bits per heavy atom. The van der Waals surface area contributed by atoms with Gasteiger partial charge in [-0.2, -0.15) is 0 Å². The Morgan fingerprint density at radius 3 is 2.29 bits per heavy atom. The van der Waals surface area contributed by atoms with E-state index < -0.39 is 12.0 Å². The van der Waals surface area contributed by atoms with Crippen molar-refractivity contribution in [3.8, 4) is 0 Å². The van der Waals surface area contributed by atoms with Crippen LogP contribution < -0.4 is 5.32 Å². The lowest BCUT2D eigenvalue weighted by Gasteiger charge is -2.26. The monoisotopic (exact) mass is 292 g/mol. The summed E-state index contributed by atoms with van der Waals surface area (Å²) >= 11 is 0. The predicted molar refractivity (Wildman–Crippen MR) is 82.1 cm³/mol. The predicted octanol–water partition coefficient (Wildman–Crippen LogP) is 1.71. The van der Waals surface area contributed by atoms with Gasteiger partial charge in [-0.15, -0.1) is 0 Å². The number of carbonyl (C=O) groups is 2. The van der Waals surface area contributed by atoms with Crippen LogP contribution in [0.25, 0.3) is 0 Å². The van der Waals surface area contributed by atoms with Crippen molar-refractivity contribution in [3.05, 3.63) is 34.9 Å². The summed E-state index contributed by atoms with van der Waals surface area (Å²) in [5.74, 6) is -0.966. The van der Waals surface area contributed by atoms with E-state index in [0.29, 0.717) is 19.6 Å². The number of benzene rings is 1. The first-order valence-corrected chi connectivity index (χ1v) is 7.08. The molecular formula is C16H24N2O3. The zero-order chi connectivity index (χ0) is 16.0. The van der Waals surface area contributed by atoms with Crippen LogP contribution in [0.2, 0.25) is 0 Å². The van der Waals surface area contributed by atoms with Crippen LogP contribution in [0.3, 0.4) is 0 Å². The van der Waals surface area contributed by atoms with Crippen molar-refractivity contribution in [1.82, 2.24) is 10.2 Å². The van der Waals surface area contributed by atoms with E-state index in [1.807, 2.05) is 18.7 Å². The lowest BCUT2D eigenvalue weighted by atomic mass is 10.1. The molecule has 116 valence electrons. The molecular weight excluding hydrogens is 268 g/mol. The number of aryl methyl sites for hydroxylation is 2. The number of amides is 1. The molecule has 0 fully saturated rings. The fraction of sp³-hybridized carbons (Fsp3) is 0.500. The van der Waals surface area contributed by atoms with E-state index in [0.717, 1.165) is 16.7 Å². The summed E-state index contributed by atoms with van der Waals surface area (Å²) in [7, 11) is 0. The summed E-state index contributed by atoms with van der Waals surface area (Å²) in [5.41, 5.74) is 3.41. The lowest BCUT2D eigenvalue weighted by molar-refractivity contribution is -0.142. The van der Waals surface area contributed by atoms with E-state index in [1.165, 1.54) is 6.92 Å². The van der Waals surface area contributed by atoms with E-state index in [2.05, 4.69) is 23.5 Å². The van der Waals surface area contributed by atoms with Crippen molar-refractivity contribution in [1.29, 1.82) is 0 Å². The fourth-order valence-electron chi connectivity index (χ4n) is 2.34. The van der Waals surface area contributed by atoms with Gasteiger partial charge in [0.25, 0.3) is 0 Å². The molecule has 5 nitrogen and oxygen atoms in total. The van der Waals surface area contributed by atoms with Gasteiger partial charge in [-0.3, -0.25) is 14.5 Å². The van der Waals surface area contributed by atoms with E-state index >= 15 is 0 Å². The molecule has 1 amide bonds. The molecule has 21 heavy (non-hydrogen) atoms. The Labute approximate surface area is 126 Å². The van der Waals surface area contributed by atoms with Gasteiger partial charge in [-0.1, -0.05) is 29.3 Å². The molecule has 1 unspecified atom stereocenters. The maximum atomic E-state index is 11.2. The van der Waals surface area contributed by atoms with Crippen molar-refractivity contribution in [3.63, 3.8) is 0 Å². The highest BCUT2D eigenvalue weighted by molar-refractivity contribution is 5.73. The first-order chi connectivity index (χ1) is 9.79. The van der Waals surface area contributed by atoms with E-state index in [4.69, 9.17) is 0 Å². The Bertz CT molecular complexity index is 494. The first-order valence-electron chi connectivity index (χ1n) is 7.08. The molecule has 0 saturated heterocycles. The van der Waals surface area contributed by atoms with Gasteiger partial charge >= 0.3 is 5.97 Å². The summed E-state index contributed by atoms with van der Waals surface area (Å²) in [5, 5.41) is 11.9. The summed E-state index contributed by atoms with van der Waals surface area (Å²) in [6.07, 6.45) is 0. The number of carboxylic acids is 1. The topological polar surface area (TPSA) is 69.6 Å². The minimum Gasteiger partial charge on any atom is -0.480 e. The maximum absolute atomic E-state index is 11.2. The molecule has 0 saturated carbocycles. The summed E-state index contributed by atoms with van der Waals surface area (Å²) in [4.78, 5) is 24.0. The van der Waals surface area contributed by atoms with Crippen LogP contribution >= 0.6 is 0 Å². The van der Waals surface area contributed by atoms with Gasteiger partial charge in [0.2, 0.25) is 5.91 Å². The van der Waals surface area contributed by atoms with Gasteiger partial charge < -0.3 is 10.4 Å². The van der Waals surface area contributed by atoms with Crippen molar-refractivity contribution in [2.75, 3.05) is 13.1 Å². The van der Waals surface area contributed by atoms with Gasteiger partial charge in [0.05, 0.1) is 0 Å². The third kappa shape index (κ3) is 5.95. The van der Waals surface area contributed by atoms with Crippen LogP contribution in [0.1, 0.15) is 30.5 Å². The Morgan fingerprint density at radius 1 is 1.24 bits per heavy atom. The van der Waals surface area contributed by atoms with Crippen molar-refractivity contribution in [2.24, 2.45) is 0 Å². The van der Waals surface area contributed by atoms with Crippen LogP contribution in [0.15, 0.2) is 18.2 Å². The number of rotatable bonds is 7. The van der Waals surface area contributed by atoms with Crippen LogP contribution in [-0.2, 0) is 16.1 Å². The van der Waals surface area contributed by atoms with Crippen LogP contribution in [0.5, 0.6) is 0 Å². The maximum Gasteiger partial charge on any atom is 0.320 e. The molecule has 1 aromatic carbocycles. The van der Waals surface area contributed by atoms with Gasteiger partial charge in [0.15, 0.2) is 0 Å². The number of nitrogens with zero attached hydrogens (tertiary/aromatic N) is 1. The van der Waals surface area contributed by atoms with Gasteiger partial charge in [-0.05, 0) is 26.3 Å². The number of hydrogen-bond donors (Lipinski definition) is 2. The van der Waals surface area contributed by atoms with Gasteiger partial charge in [-0.25, -0.2) is 0 Å². The third-order valence-electron chi connectivity index (χ3n) is 3.35. The molecule has 1 atom stereocenters. The van der Waals surface area contributed by atoms with E-state index in [1.54, 1.807) is 6.92 Å². The third-order valence-corrected chi connectivity index (χ3v) is 3.35. The largest absolute Gasteiger partial charge is 0.480 e. The van der Waals surface area contributed by atoms with Crippen LogP contribution in [0, 0.1) is 13.8 Å². The highest BCUT2D eigenvalue weighted by Crippen LogP contribution is 2.13. The van der Waals surface area contributed by atoms with Gasteiger partial charge in [0, 0.05) is 26.6 Å². The first kappa shape index (κ1) is 17.2. The number of nitrogens with one attached hydrogen (secondary N) is 1. The SMILES string of the molecule is CC(=O)NCCN(Cc1cc(C)cc(C)c1)C(C)C(=O)O. The minimum absolute atomic E-state index is 0.107. The van der Waals surface area contributed by atoms with Gasteiger partial charge in [0.1, 0.15) is 6.04 Å². The van der Waals surface area contributed by atoms with Crippen molar-refractivity contribution in [2.45, 2.75) is 40.3 Å². The molecule has 5 heteroatoms. The highest BCUT2D eigenvalue weighted by Gasteiger charge is 2.20. The smallest absolute Gasteiger partial charge is 0.320 e. The average molecular weight is 292 g/mol. The Kier molecular flexibility index (Phi) is 6.37. The zero-order valence-electron chi connectivity index (χ0n) is 13.1. The molecule has 1 aromatic rings. The quantitative estimate of drug-likeness (QED) is 0.803. The van der Waals surface area contributed by atoms with Crippen molar-refractivity contribution < 1.29 is 14.7 Å². The standard InChI is InChI=1S/C16H24N2O3/c1-11-7-12(2)9-15(8-11)10-18(13(3)16(20)21)6-5-17-14(4)19/h7-9,13H,5-6,10H2,1-4H3,(H,17,19)(H,20,21). The molecule has 0 spiro atoms. The van der Waals surface area contributed by atoms with E-state index in [-0.39, 0.29) is 5.91 Å². The Hall–Kier alpha value is -1.88. The Balaban J connectivity index is 2.80. The van der Waals surface area contributed by atoms with Crippen LogP contribution in [-0.4, -0.2) is 41.0 Å². The second kappa shape index (κ2) is 7.78. The lowest BCUT2D eigenvalue weighted by Crippen LogP contribution is -2.42. The number of hydrogen-bond acceptors (Lipinski definition) is 3. The molecule has 0 aliphatic carbocycles. The second-order valence-electron chi connectivity index (χ2n) is 5.46. The highest BCUT2D eigenvalue weighted by atomic mass is 16.4. The normalized spacial score (nSPS) is 12.2. The number of aliphatic carboxylic acids is 1. The van der Waals surface area contributed by atoms with Crippen molar-refractivity contribution >= 4 is 11.9 Å². The summed E-state index contributed by atoms with van der Waals surface area (Å²) < 4.78 is 0. The molecule has 0 aliphatic rings. The molecule has 2 N–H and O–H groups in total. The summed E-state index contributed by atoms with van der Waals surface area (Å²) in [6.45, 7) is 8.67. The average Bonchev–Trinajstić information content (AvgIpc) is 2.34. The molecule has 0 aromatic heterocycles. The molecule has 0 radical (unpaired) electrons. The fourth-order valence-corrected chi connectivity index (χ4v) is 2.34. The second-order valence-corrected chi connectivity index (χ2v) is 5.46. The molecule has 0 heterocycles. The number of carboxylic acid groups (broad SMARTS) is 1. The van der Waals surface area contributed by atoms with Crippen LogP contribution in [0.4, 0.5) is 0 Å². The van der Waals surface area contributed by atoms with E-state index in [9.17, 15) is 14.7 Å². The zero-order valence-corrected chi connectivity index (χ0v) is 13.1. The molecule has 0 aliphatic heterocycles. The molecule has 0 bridgehead atoms.